The van der Waals surface area contributed by atoms with Crippen LogP contribution in [-0.2, 0) is 19.1 Å². The number of carbonyl (C=O) groups is 2. The highest BCUT2D eigenvalue weighted by molar-refractivity contribution is 7.99. The molecule has 2 aromatic rings. The number of cyclic esters (lactones) is 2. The Balaban J connectivity index is 1.93. The van der Waals surface area contributed by atoms with Crippen LogP contribution in [0.2, 0.25) is 0 Å². The van der Waals surface area contributed by atoms with Crippen molar-refractivity contribution in [1.29, 1.82) is 0 Å². The van der Waals surface area contributed by atoms with E-state index in [1.165, 1.54) is 62.4 Å². The van der Waals surface area contributed by atoms with Crippen molar-refractivity contribution in [3.8, 4) is 0 Å². The highest BCUT2D eigenvalue weighted by atomic mass is 32.2. The molecular formula is C19H14FNO6S. The van der Waals surface area contributed by atoms with Gasteiger partial charge in [0.1, 0.15) is 11.4 Å². The summed E-state index contributed by atoms with van der Waals surface area (Å²) in [5.74, 6) is -3.51. The third kappa shape index (κ3) is 4.37. The van der Waals surface area contributed by atoms with E-state index in [4.69, 9.17) is 9.47 Å². The largest absolute Gasteiger partial charge is 0.419 e. The molecule has 0 aromatic heterocycles. The molecule has 0 radical (unpaired) electrons. The molecular weight excluding hydrogens is 389 g/mol. The van der Waals surface area contributed by atoms with Crippen molar-refractivity contribution >= 4 is 35.5 Å². The molecule has 1 saturated heterocycles. The standard InChI is InChI=1S/C19H14FNO6S/c1-19(2)26-17(22)14(18(23)27-19)9-11-3-8-16(15(10-11)21(24)25)28-13-6-4-12(20)5-7-13/h3-10H,1-2H3. The molecule has 0 aliphatic carbocycles. The number of rotatable bonds is 4. The maximum absolute atomic E-state index is 13.0. The molecule has 28 heavy (non-hydrogen) atoms. The van der Waals surface area contributed by atoms with Crippen LogP contribution >= 0.6 is 11.8 Å². The molecule has 7 nitrogen and oxygen atoms in total. The quantitative estimate of drug-likeness (QED) is 0.249. The van der Waals surface area contributed by atoms with Gasteiger partial charge in [-0.25, -0.2) is 14.0 Å². The van der Waals surface area contributed by atoms with Gasteiger partial charge in [0, 0.05) is 24.8 Å². The molecule has 0 unspecified atom stereocenters. The zero-order valence-corrected chi connectivity index (χ0v) is 15.6. The normalized spacial score (nSPS) is 15.6. The summed E-state index contributed by atoms with van der Waals surface area (Å²) in [6.07, 6.45) is 1.18. The number of nitrogens with zero attached hydrogens (tertiary/aromatic N) is 1. The monoisotopic (exact) mass is 403 g/mol. The third-order valence-corrected chi connectivity index (χ3v) is 4.72. The van der Waals surface area contributed by atoms with Crippen molar-refractivity contribution in [3.63, 3.8) is 0 Å². The van der Waals surface area contributed by atoms with Gasteiger partial charge in [-0.05, 0) is 42.0 Å². The average Bonchev–Trinajstić information content (AvgIpc) is 2.60. The first-order chi connectivity index (χ1) is 13.1. The maximum Gasteiger partial charge on any atom is 0.348 e. The lowest BCUT2D eigenvalue weighted by molar-refractivity contribution is -0.387. The Bertz CT molecular complexity index is 978. The van der Waals surface area contributed by atoms with Gasteiger partial charge in [0.05, 0.1) is 9.82 Å². The summed E-state index contributed by atoms with van der Waals surface area (Å²) in [5.41, 5.74) is -0.312. The van der Waals surface area contributed by atoms with Gasteiger partial charge in [0.25, 0.3) is 11.5 Å². The number of nitro groups is 1. The molecule has 0 N–H and O–H groups in total. The van der Waals surface area contributed by atoms with Gasteiger partial charge in [-0.15, -0.1) is 0 Å². The van der Waals surface area contributed by atoms with Crippen LogP contribution in [0.4, 0.5) is 10.1 Å². The highest BCUT2D eigenvalue weighted by Crippen LogP contribution is 2.36. The van der Waals surface area contributed by atoms with E-state index >= 15 is 0 Å². The van der Waals surface area contributed by atoms with Crippen molar-refractivity contribution in [3.05, 3.63) is 69.5 Å². The number of hydrogen-bond acceptors (Lipinski definition) is 7. The number of carbonyl (C=O) groups excluding carboxylic acids is 2. The Morgan fingerprint density at radius 3 is 2.25 bits per heavy atom. The molecule has 1 aliphatic rings. The molecule has 1 heterocycles. The third-order valence-electron chi connectivity index (χ3n) is 3.65. The molecule has 2 aromatic carbocycles. The number of hydrogen-bond donors (Lipinski definition) is 0. The lowest BCUT2D eigenvalue weighted by Gasteiger charge is -2.29. The molecule has 9 heteroatoms. The van der Waals surface area contributed by atoms with Crippen LogP contribution in [0.15, 0.2) is 57.8 Å². The predicted molar refractivity (Wildman–Crippen MR) is 97.9 cm³/mol. The number of esters is 2. The SMILES string of the molecule is CC1(C)OC(=O)C(=Cc2ccc(Sc3ccc(F)cc3)c([N+](=O)[O-])c2)C(=O)O1. The van der Waals surface area contributed by atoms with E-state index in [2.05, 4.69) is 0 Å². The molecule has 1 fully saturated rings. The van der Waals surface area contributed by atoms with E-state index in [9.17, 15) is 24.1 Å². The van der Waals surface area contributed by atoms with E-state index in [1.54, 1.807) is 0 Å². The molecule has 0 saturated carbocycles. The summed E-state index contributed by atoms with van der Waals surface area (Å²) in [5, 5.41) is 11.5. The Labute approximate surface area is 163 Å². The van der Waals surface area contributed by atoms with E-state index in [-0.39, 0.29) is 16.8 Å². The van der Waals surface area contributed by atoms with Crippen LogP contribution in [0.25, 0.3) is 6.08 Å². The molecule has 1 aliphatic heterocycles. The zero-order chi connectivity index (χ0) is 20.5. The van der Waals surface area contributed by atoms with Crippen molar-refractivity contribution in [2.24, 2.45) is 0 Å². The van der Waals surface area contributed by atoms with Gasteiger partial charge in [-0.2, -0.15) is 0 Å². The minimum Gasteiger partial charge on any atom is -0.419 e. The summed E-state index contributed by atoms with van der Waals surface area (Å²) in [4.78, 5) is 35.9. The summed E-state index contributed by atoms with van der Waals surface area (Å²) in [6, 6.07) is 9.78. The lowest BCUT2D eigenvalue weighted by atomic mass is 10.1. The minimum atomic E-state index is -1.37. The Morgan fingerprint density at radius 2 is 1.68 bits per heavy atom. The maximum atomic E-state index is 13.0. The van der Waals surface area contributed by atoms with Gasteiger partial charge < -0.3 is 9.47 Å². The van der Waals surface area contributed by atoms with Crippen molar-refractivity contribution in [1.82, 2.24) is 0 Å². The Hall–Kier alpha value is -3.20. The molecule has 0 amide bonds. The Kier molecular flexibility index (Phi) is 5.19. The zero-order valence-electron chi connectivity index (χ0n) is 14.8. The average molecular weight is 403 g/mol. The topological polar surface area (TPSA) is 95.7 Å². The molecule has 0 spiro atoms. The van der Waals surface area contributed by atoms with Gasteiger partial charge in [-0.3, -0.25) is 10.1 Å². The minimum absolute atomic E-state index is 0.221. The van der Waals surface area contributed by atoms with Crippen molar-refractivity contribution in [2.75, 3.05) is 0 Å². The van der Waals surface area contributed by atoms with Crippen LogP contribution in [0.5, 0.6) is 0 Å². The second kappa shape index (κ2) is 7.43. The van der Waals surface area contributed by atoms with Crippen LogP contribution in [0, 0.1) is 15.9 Å². The van der Waals surface area contributed by atoms with E-state index in [0.29, 0.717) is 9.79 Å². The predicted octanol–water partition coefficient (Wildman–Crippen LogP) is 4.10. The summed E-state index contributed by atoms with van der Waals surface area (Å²) < 4.78 is 23.0. The molecule has 3 rings (SSSR count). The van der Waals surface area contributed by atoms with Gasteiger partial charge >= 0.3 is 11.9 Å². The number of halogens is 1. The lowest BCUT2D eigenvalue weighted by Crippen LogP contribution is -2.41. The first-order valence-corrected chi connectivity index (χ1v) is 8.86. The van der Waals surface area contributed by atoms with Crippen LogP contribution in [0.1, 0.15) is 19.4 Å². The van der Waals surface area contributed by atoms with Gasteiger partial charge in [0.15, 0.2) is 0 Å². The Morgan fingerprint density at radius 1 is 1.07 bits per heavy atom. The summed E-state index contributed by atoms with van der Waals surface area (Å²) >= 11 is 1.09. The van der Waals surface area contributed by atoms with Crippen molar-refractivity contribution in [2.45, 2.75) is 29.4 Å². The van der Waals surface area contributed by atoms with Crippen LogP contribution in [-0.4, -0.2) is 22.6 Å². The number of benzene rings is 2. The van der Waals surface area contributed by atoms with E-state index < -0.39 is 28.5 Å². The van der Waals surface area contributed by atoms with Gasteiger partial charge in [-0.1, -0.05) is 17.8 Å². The smallest absolute Gasteiger partial charge is 0.348 e. The van der Waals surface area contributed by atoms with Crippen LogP contribution < -0.4 is 0 Å². The first kappa shape index (κ1) is 19.6. The molecule has 0 atom stereocenters. The second-order valence-corrected chi connectivity index (χ2v) is 7.39. The first-order valence-electron chi connectivity index (χ1n) is 8.05. The fourth-order valence-corrected chi connectivity index (χ4v) is 3.33. The second-order valence-electron chi connectivity index (χ2n) is 6.28. The fourth-order valence-electron chi connectivity index (χ4n) is 2.43. The highest BCUT2D eigenvalue weighted by Gasteiger charge is 2.38. The number of nitro benzene ring substituents is 1. The van der Waals surface area contributed by atoms with E-state index in [0.717, 1.165) is 11.8 Å². The van der Waals surface area contributed by atoms with Gasteiger partial charge in [0.2, 0.25) is 0 Å². The number of ether oxygens (including phenoxy) is 2. The van der Waals surface area contributed by atoms with Crippen LogP contribution in [0.3, 0.4) is 0 Å². The molecule has 0 bridgehead atoms. The van der Waals surface area contributed by atoms with Crippen molar-refractivity contribution < 1.29 is 28.4 Å². The summed E-state index contributed by atoms with van der Waals surface area (Å²) in [7, 11) is 0. The van der Waals surface area contributed by atoms with E-state index in [1.807, 2.05) is 0 Å². The fraction of sp³-hybridized carbons (Fsp3) is 0.158. The molecule has 144 valence electrons. The summed E-state index contributed by atoms with van der Waals surface area (Å²) in [6.45, 7) is 2.85.